The first-order valence-corrected chi connectivity index (χ1v) is 8.50. The molecule has 0 spiro atoms. The second-order valence-corrected chi connectivity index (χ2v) is 6.04. The van der Waals surface area contributed by atoms with E-state index >= 15 is 0 Å². The number of urea groups is 1. The highest BCUT2D eigenvalue weighted by atomic mass is 35.5. The van der Waals surface area contributed by atoms with E-state index in [1.54, 1.807) is 36.7 Å². The summed E-state index contributed by atoms with van der Waals surface area (Å²) in [6.07, 6.45) is 3.39. The standard InChI is InChI=1S/C20H18ClN3O2/c1-14(15-10-12-22-13-11-15)23-20(25)24-17-7-3-5-9-19(17)26-18-8-4-2-6-16(18)21/h2-14H,1H3,(H2,23,24,25). The molecule has 1 aromatic heterocycles. The third-order valence-corrected chi connectivity index (χ3v) is 4.06. The van der Waals surface area contributed by atoms with Crippen LogP contribution in [0.25, 0.3) is 0 Å². The molecule has 0 saturated heterocycles. The number of hydrogen-bond acceptors (Lipinski definition) is 3. The fourth-order valence-electron chi connectivity index (χ4n) is 2.40. The lowest BCUT2D eigenvalue weighted by Crippen LogP contribution is -2.31. The van der Waals surface area contributed by atoms with Gasteiger partial charge in [-0.3, -0.25) is 4.98 Å². The van der Waals surface area contributed by atoms with Crippen LogP contribution in [0.4, 0.5) is 10.5 Å². The summed E-state index contributed by atoms with van der Waals surface area (Å²) in [5.74, 6) is 1.03. The summed E-state index contributed by atoms with van der Waals surface area (Å²) in [7, 11) is 0. The van der Waals surface area contributed by atoms with Gasteiger partial charge in [-0.2, -0.15) is 0 Å². The molecule has 26 heavy (non-hydrogen) atoms. The molecule has 0 saturated carbocycles. The molecule has 132 valence electrons. The minimum Gasteiger partial charge on any atom is -0.454 e. The van der Waals surface area contributed by atoms with E-state index in [1.165, 1.54) is 0 Å². The number of aromatic nitrogens is 1. The van der Waals surface area contributed by atoms with Crippen molar-refractivity contribution in [1.82, 2.24) is 10.3 Å². The Morgan fingerprint density at radius 3 is 2.38 bits per heavy atom. The highest BCUT2D eigenvalue weighted by molar-refractivity contribution is 6.32. The Bertz CT molecular complexity index is 887. The lowest BCUT2D eigenvalue weighted by molar-refractivity contribution is 0.249. The minimum atomic E-state index is -0.329. The second-order valence-electron chi connectivity index (χ2n) is 5.63. The molecule has 0 fully saturated rings. The van der Waals surface area contributed by atoms with Crippen LogP contribution in [0.5, 0.6) is 11.5 Å². The molecule has 6 heteroatoms. The van der Waals surface area contributed by atoms with Gasteiger partial charge in [-0.15, -0.1) is 0 Å². The first-order chi connectivity index (χ1) is 12.6. The second kappa shape index (κ2) is 8.36. The molecule has 2 aromatic carbocycles. The van der Waals surface area contributed by atoms with E-state index in [4.69, 9.17) is 16.3 Å². The molecule has 0 aliphatic carbocycles. The third-order valence-electron chi connectivity index (χ3n) is 3.75. The number of rotatable bonds is 5. The number of ether oxygens (including phenoxy) is 1. The lowest BCUT2D eigenvalue weighted by Gasteiger charge is -2.17. The highest BCUT2D eigenvalue weighted by Gasteiger charge is 2.12. The van der Waals surface area contributed by atoms with Gasteiger partial charge in [-0.1, -0.05) is 35.9 Å². The zero-order chi connectivity index (χ0) is 18.4. The van der Waals surface area contributed by atoms with E-state index in [0.717, 1.165) is 5.56 Å². The van der Waals surface area contributed by atoms with Crippen LogP contribution in [0.15, 0.2) is 73.1 Å². The van der Waals surface area contributed by atoms with Crippen LogP contribution < -0.4 is 15.4 Å². The molecule has 2 amide bonds. The van der Waals surface area contributed by atoms with Gasteiger partial charge in [0.25, 0.3) is 0 Å². The SMILES string of the molecule is CC(NC(=O)Nc1ccccc1Oc1ccccc1Cl)c1ccncc1. The maximum absolute atomic E-state index is 12.3. The molecule has 5 nitrogen and oxygen atoms in total. The number of amides is 2. The molecule has 0 aliphatic rings. The Balaban J connectivity index is 1.70. The van der Waals surface area contributed by atoms with Crippen molar-refractivity contribution in [3.05, 3.63) is 83.6 Å². The van der Waals surface area contributed by atoms with E-state index in [1.807, 2.05) is 43.3 Å². The summed E-state index contributed by atoms with van der Waals surface area (Å²) < 4.78 is 5.85. The molecule has 3 aromatic rings. The van der Waals surface area contributed by atoms with Crippen molar-refractivity contribution < 1.29 is 9.53 Å². The van der Waals surface area contributed by atoms with Crippen LogP contribution in [-0.2, 0) is 0 Å². The van der Waals surface area contributed by atoms with Crippen molar-refractivity contribution in [2.75, 3.05) is 5.32 Å². The van der Waals surface area contributed by atoms with Crippen molar-refractivity contribution in [3.8, 4) is 11.5 Å². The normalized spacial score (nSPS) is 11.5. The molecular formula is C20H18ClN3O2. The van der Waals surface area contributed by atoms with Gasteiger partial charge in [0.1, 0.15) is 5.75 Å². The largest absolute Gasteiger partial charge is 0.454 e. The Kier molecular flexibility index (Phi) is 5.71. The molecule has 1 heterocycles. The summed E-state index contributed by atoms with van der Waals surface area (Å²) in [6.45, 7) is 1.90. The maximum atomic E-state index is 12.3. The third kappa shape index (κ3) is 4.52. The Morgan fingerprint density at radius 2 is 1.65 bits per heavy atom. The highest BCUT2D eigenvalue weighted by Crippen LogP contribution is 2.33. The number of nitrogens with zero attached hydrogens (tertiary/aromatic N) is 1. The summed E-state index contributed by atoms with van der Waals surface area (Å²) in [5.41, 5.74) is 1.52. The number of carbonyl (C=O) groups is 1. The fraction of sp³-hybridized carbons (Fsp3) is 0.100. The lowest BCUT2D eigenvalue weighted by atomic mass is 10.1. The number of carbonyl (C=O) groups excluding carboxylic acids is 1. The van der Waals surface area contributed by atoms with Crippen molar-refractivity contribution in [2.24, 2.45) is 0 Å². The molecule has 0 aliphatic heterocycles. The molecular weight excluding hydrogens is 350 g/mol. The van der Waals surface area contributed by atoms with Crippen LogP contribution in [0.2, 0.25) is 5.02 Å². The summed E-state index contributed by atoms with van der Waals surface area (Å²) in [5, 5.41) is 6.20. The topological polar surface area (TPSA) is 63.2 Å². The van der Waals surface area contributed by atoms with E-state index < -0.39 is 0 Å². The summed E-state index contributed by atoms with van der Waals surface area (Å²) in [6, 6.07) is 17.6. The number of hydrogen-bond donors (Lipinski definition) is 2. The molecule has 0 bridgehead atoms. The maximum Gasteiger partial charge on any atom is 0.319 e. The van der Waals surface area contributed by atoms with Crippen LogP contribution in [0, 0.1) is 0 Å². The Hall–Kier alpha value is -3.05. The van der Waals surface area contributed by atoms with Crippen molar-refractivity contribution >= 4 is 23.3 Å². The quantitative estimate of drug-likeness (QED) is 0.633. The summed E-state index contributed by atoms with van der Waals surface area (Å²) in [4.78, 5) is 16.3. The predicted octanol–water partition coefficient (Wildman–Crippen LogP) is 5.41. The van der Waals surface area contributed by atoms with Crippen LogP contribution >= 0.6 is 11.6 Å². The van der Waals surface area contributed by atoms with Gasteiger partial charge >= 0.3 is 6.03 Å². The number of nitrogens with one attached hydrogen (secondary N) is 2. The minimum absolute atomic E-state index is 0.158. The van der Waals surface area contributed by atoms with Gasteiger partial charge < -0.3 is 15.4 Å². The van der Waals surface area contributed by atoms with Gasteiger partial charge in [0.2, 0.25) is 0 Å². The average Bonchev–Trinajstić information content (AvgIpc) is 2.66. The van der Waals surface area contributed by atoms with E-state index in [2.05, 4.69) is 15.6 Å². The molecule has 0 radical (unpaired) electrons. The fourth-order valence-corrected chi connectivity index (χ4v) is 2.57. The van der Waals surface area contributed by atoms with E-state index in [-0.39, 0.29) is 12.1 Å². The summed E-state index contributed by atoms with van der Waals surface area (Å²) >= 11 is 6.14. The Morgan fingerprint density at radius 1 is 1.00 bits per heavy atom. The van der Waals surface area contributed by atoms with Gasteiger partial charge in [0.15, 0.2) is 5.75 Å². The molecule has 3 rings (SSSR count). The van der Waals surface area contributed by atoms with Crippen molar-refractivity contribution in [3.63, 3.8) is 0 Å². The predicted molar refractivity (Wildman–Crippen MR) is 103 cm³/mol. The van der Waals surface area contributed by atoms with Crippen molar-refractivity contribution in [2.45, 2.75) is 13.0 Å². The number of benzene rings is 2. The number of anilines is 1. The monoisotopic (exact) mass is 367 g/mol. The number of halogens is 1. The molecule has 1 atom stereocenters. The average molecular weight is 368 g/mol. The smallest absolute Gasteiger partial charge is 0.319 e. The van der Waals surface area contributed by atoms with E-state index in [9.17, 15) is 4.79 Å². The van der Waals surface area contributed by atoms with Crippen molar-refractivity contribution in [1.29, 1.82) is 0 Å². The van der Waals surface area contributed by atoms with Crippen LogP contribution in [0.1, 0.15) is 18.5 Å². The zero-order valence-corrected chi connectivity index (χ0v) is 14.9. The first-order valence-electron chi connectivity index (χ1n) is 8.12. The van der Waals surface area contributed by atoms with Crippen LogP contribution in [-0.4, -0.2) is 11.0 Å². The molecule has 1 unspecified atom stereocenters. The molecule has 2 N–H and O–H groups in total. The number of pyridine rings is 1. The van der Waals surface area contributed by atoms with Gasteiger partial charge in [-0.05, 0) is 48.9 Å². The Labute approximate surface area is 157 Å². The van der Waals surface area contributed by atoms with E-state index in [0.29, 0.717) is 22.2 Å². The van der Waals surface area contributed by atoms with Gasteiger partial charge in [0.05, 0.1) is 16.8 Å². The zero-order valence-electron chi connectivity index (χ0n) is 14.1. The van der Waals surface area contributed by atoms with Gasteiger partial charge in [0, 0.05) is 12.4 Å². The number of para-hydroxylation sites is 3. The van der Waals surface area contributed by atoms with Crippen LogP contribution in [0.3, 0.4) is 0 Å². The van der Waals surface area contributed by atoms with Gasteiger partial charge in [-0.25, -0.2) is 4.79 Å². The first kappa shape index (κ1) is 17.8.